The van der Waals surface area contributed by atoms with Gasteiger partial charge in [0, 0.05) is 12.6 Å². The van der Waals surface area contributed by atoms with Gasteiger partial charge in [0.2, 0.25) is 0 Å². The lowest BCUT2D eigenvalue weighted by atomic mass is 10.1. The molecule has 3 aromatic rings. The van der Waals surface area contributed by atoms with Crippen LogP contribution in [0, 0.1) is 6.92 Å². The summed E-state index contributed by atoms with van der Waals surface area (Å²) in [6.45, 7) is 5.66. The zero-order valence-electron chi connectivity index (χ0n) is 17.0. The van der Waals surface area contributed by atoms with E-state index in [1.807, 2.05) is 0 Å². The molecule has 4 rings (SSSR count). The number of piperidine rings is 1. The molecule has 158 valence electrons. The van der Waals surface area contributed by atoms with Crippen LogP contribution in [0.4, 0.5) is 0 Å². The molecule has 2 aromatic heterocycles. The molecule has 3 heterocycles. The van der Waals surface area contributed by atoms with Crippen molar-refractivity contribution in [2.75, 3.05) is 26.2 Å². The fraction of sp³-hybridized carbons (Fsp3) is 0.409. The summed E-state index contributed by atoms with van der Waals surface area (Å²) in [5.74, 6) is 0.971. The van der Waals surface area contributed by atoms with E-state index in [1.54, 1.807) is 19.1 Å². The van der Waals surface area contributed by atoms with E-state index in [-0.39, 0.29) is 16.5 Å². The minimum atomic E-state index is -0.313. The summed E-state index contributed by atoms with van der Waals surface area (Å²) in [6.07, 6.45) is 6.29. The Kier molecular flexibility index (Phi) is 6.20. The van der Waals surface area contributed by atoms with Gasteiger partial charge in [-0.2, -0.15) is 0 Å². The molecule has 30 heavy (non-hydrogen) atoms. The molecular weight excluding hydrogens is 404 g/mol. The van der Waals surface area contributed by atoms with Gasteiger partial charge in [0.25, 0.3) is 5.56 Å². The number of benzene rings is 1. The lowest BCUT2D eigenvalue weighted by Crippen LogP contribution is -2.31. The standard InChI is InChI=1S/C22H25ClN4O3/c1-15-25-18-14-24-21(23)13-17(18)22(29)27(15)19-7-6-16(12-20(19)28)30-11-5-10-26-8-3-2-4-9-26/h6-7,12-14,28H,2-5,8-11H2,1H3. The van der Waals surface area contributed by atoms with Crippen molar-refractivity contribution in [3.63, 3.8) is 0 Å². The molecule has 1 fully saturated rings. The first kappa shape index (κ1) is 20.6. The van der Waals surface area contributed by atoms with Crippen LogP contribution in [0.1, 0.15) is 31.5 Å². The van der Waals surface area contributed by atoms with Crippen LogP contribution in [-0.4, -0.2) is 50.8 Å². The van der Waals surface area contributed by atoms with Crippen LogP contribution in [0.3, 0.4) is 0 Å². The zero-order valence-corrected chi connectivity index (χ0v) is 17.7. The van der Waals surface area contributed by atoms with Crippen molar-refractivity contribution in [2.45, 2.75) is 32.6 Å². The fourth-order valence-electron chi connectivity index (χ4n) is 3.90. The van der Waals surface area contributed by atoms with Gasteiger partial charge < -0.3 is 14.7 Å². The summed E-state index contributed by atoms with van der Waals surface area (Å²) in [4.78, 5) is 23.8. The molecule has 1 aliphatic heterocycles. The first-order valence-electron chi connectivity index (χ1n) is 10.3. The van der Waals surface area contributed by atoms with E-state index in [4.69, 9.17) is 16.3 Å². The first-order chi connectivity index (χ1) is 14.5. The van der Waals surface area contributed by atoms with Crippen LogP contribution in [0.2, 0.25) is 5.15 Å². The Morgan fingerprint density at radius 1 is 1.20 bits per heavy atom. The number of likely N-dealkylation sites (tertiary alicyclic amines) is 1. The predicted molar refractivity (Wildman–Crippen MR) is 117 cm³/mol. The average molecular weight is 429 g/mol. The van der Waals surface area contributed by atoms with E-state index in [0.29, 0.717) is 34.8 Å². The number of ether oxygens (including phenoxy) is 1. The summed E-state index contributed by atoms with van der Waals surface area (Å²) >= 11 is 5.93. The van der Waals surface area contributed by atoms with Gasteiger partial charge in [-0.15, -0.1) is 0 Å². The number of aromatic hydroxyl groups is 1. The molecule has 0 atom stereocenters. The number of rotatable bonds is 6. The highest BCUT2D eigenvalue weighted by Crippen LogP contribution is 2.27. The normalized spacial score (nSPS) is 14.9. The van der Waals surface area contributed by atoms with E-state index < -0.39 is 0 Å². The van der Waals surface area contributed by atoms with Crippen LogP contribution in [0.5, 0.6) is 11.5 Å². The molecule has 0 radical (unpaired) electrons. The Morgan fingerprint density at radius 3 is 2.77 bits per heavy atom. The minimum absolute atomic E-state index is 0.0463. The largest absolute Gasteiger partial charge is 0.506 e. The van der Waals surface area contributed by atoms with Crippen LogP contribution < -0.4 is 10.3 Å². The molecule has 0 bridgehead atoms. The number of fused-ring (bicyclic) bond motifs is 1. The number of pyridine rings is 1. The number of aromatic nitrogens is 3. The quantitative estimate of drug-likeness (QED) is 0.476. The Morgan fingerprint density at radius 2 is 2.00 bits per heavy atom. The molecule has 8 heteroatoms. The average Bonchev–Trinajstić information content (AvgIpc) is 2.74. The lowest BCUT2D eigenvalue weighted by molar-refractivity contribution is 0.205. The van der Waals surface area contributed by atoms with E-state index in [2.05, 4.69) is 14.9 Å². The van der Waals surface area contributed by atoms with Gasteiger partial charge in [-0.1, -0.05) is 18.0 Å². The Balaban J connectivity index is 1.50. The number of nitrogens with zero attached hydrogens (tertiary/aromatic N) is 4. The maximum absolute atomic E-state index is 13.0. The molecule has 0 saturated carbocycles. The number of phenols is 1. The van der Waals surface area contributed by atoms with E-state index in [1.165, 1.54) is 55.2 Å². The molecule has 0 aliphatic carbocycles. The number of phenolic OH excluding ortho intramolecular Hbond substituents is 1. The number of hydrogen-bond donors (Lipinski definition) is 1. The van der Waals surface area contributed by atoms with Crippen LogP contribution in [0.15, 0.2) is 35.3 Å². The Hall–Kier alpha value is -2.64. The molecule has 0 amide bonds. The predicted octanol–water partition coefficient (Wildman–Crippen LogP) is 3.70. The van der Waals surface area contributed by atoms with Crippen molar-refractivity contribution in [3.8, 4) is 17.2 Å². The summed E-state index contributed by atoms with van der Waals surface area (Å²) in [5, 5.41) is 11.1. The molecule has 1 aromatic carbocycles. The second-order valence-corrected chi connectivity index (χ2v) is 7.97. The van der Waals surface area contributed by atoms with Gasteiger partial charge >= 0.3 is 0 Å². The molecule has 1 N–H and O–H groups in total. The van der Waals surface area contributed by atoms with Crippen molar-refractivity contribution in [2.24, 2.45) is 0 Å². The molecule has 0 spiro atoms. The third kappa shape index (κ3) is 4.42. The molecular formula is C22H25ClN4O3. The van der Waals surface area contributed by atoms with Crippen LogP contribution in [-0.2, 0) is 0 Å². The summed E-state index contributed by atoms with van der Waals surface area (Å²) in [5.41, 5.74) is 0.499. The third-order valence-electron chi connectivity index (χ3n) is 5.41. The Bertz CT molecular complexity index is 1110. The van der Waals surface area contributed by atoms with Gasteiger partial charge in [-0.25, -0.2) is 9.97 Å². The molecule has 1 aliphatic rings. The van der Waals surface area contributed by atoms with E-state index >= 15 is 0 Å². The summed E-state index contributed by atoms with van der Waals surface area (Å²) in [6, 6.07) is 6.44. The summed E-state index contributed by atoms with van der Waals surface area (Å²) in [7, 11) is 0. The van der Waals surface area contributed by atoms with E-state index in [0.717, 1.165) is 13.0 Å². The van der Waals surface area contributed by atoms with Crippen molar-refractivity contribution in [3.05, 3.63) is 51.8 Å². The third-order valence-corrected chi connectivity index (χ3v) is 5.62. The highest BCUT2D eigenvalue weighted by molar-refractivity contribution is 6.30. The monoisotopic (exact) mass is 428 g/mol. The zero-order chi connectivity index (χ0) is 21.1. The minimum Gasteiger partial charge on any atom is -0.506 e. The van der Waals surface area contributed by atoms with Gasteiger partial charge in [0.15, 0.2) is 0 Å². The fourth-order valence-corrected chi connectivity index (χ4v) is 4.06. The van der Waals surface area contributed by atoms with Gasteiger partial charge in [-0.3, -0.25) is 9.36 Å². The molecule has 7 nitrogen and oxygen atoms in total. The highest BCUT2D eigenvalue weighted by atomic mass is 35.5. The number of halogens is 1. The van der Waals surface area contributed by atoms with Gasteiger partial charge in [-0.05, 0) is 57.5 Å². The molecule has 1 saturated heterocycles. The second kappa shape index (κ2) is 9.02. The Labute approximate surface area is 179 Å². The van der Waals surface area contributed by atoms with Crippen LogP contribution >= 0.6 is 11.6 Å². The SMILES string of the molecule is Cc1nc2cnc(Cl)cc2c(=O)n1-c1ccc(OCCCN2CCCCC2)cc1O. The topological polar surface area (TPSA) is 80.5 Å². The number of hydrogen-bond acceptors (Lipinski definition) is 6. The number of aryl methyl sites for hydroxylation is 1. The first-order valence-corrected chi connectivity index (χ1v) is 10.6. The van der Waals surface area contributed by atoms with Crippen molar-refractivity contribution < 1.29 is 9.84 Å². The maximum Gasteiger partial charge on any atom is 0.266 e. The second-order valence-electron chi connectivity index (χ2n) is 7.58. The highest BCUT2D eigenvalue weighted by Gasteiger charge is 2.15. The smallest absolute Gasteiger partial charge is 0.266 e. The maximum atomic E-state index is 13.0. The van der Waals surface area contributed by atoms with Crippen molar-refractivity contribution in [1.29, 1.82) is 0 Å². The van der Waals surface area contributed by atoms with Gasteiger partial charge in [0.1, 0.15) is 22.5 Å². The lowest BCUT2D eigenvalue weighted by Gasteiger charge is -2.26. The summed E-state index contributed by atoms with van der Waals surface area (Å²) < 4.78 is 7.17. The van der Waals surface area contributed by atoms with Gasteiger partial charge in [0.05, 0.1) is 29.4 Å². The van der Waals surface area contributed by atoms with Crippen molar-refractivity contribution >= 4 is 22.5 Å². The van der Waals surface area contributed by atoms with Crippen molar-refractivity contribution in [1.82, 2.24) is 19.4 Å². The van der Waals surface area contributed by atoms with E-state index in [9.17, 15) is 9.90 Å². The molecule has 0 unspecified atom stereocenters. The van der Waals surface area contributed by atoms with Crippen LogP contribution in [0.25, 0.3) is 16.6 Å².